The fraction of sp³-hybridized carbons (Fsp3) is 0.238. The van der Waals surface area contributed by atoms with Crippen LogP contribution in [0.25, 0.3) is 11.3 Å². The average Bonchev–Trinajstić information content (AvgIpc) is 3.16. The number of hydrogen-bond donors (Lipinski definition) is 1. The van der Waals surface area contributed by atoms with Crippen molar-refractivity contribution in [1.29, 1.82) is 5.26 Å². The molecule has 2 aromatic heterocycles. The largest absolute Gasteiger partial charge is 0.456 e. The Morgan fingerprint density at radius 3 is 2.75 bits per heavy atom. The number of ether oxygens (including phenoxy) is 1. The molecule has 2 heterocycles. The van der Waals surface area contributed by atoms with E-state index in [9.17, 15) is 9.59 Å². The number of aromatic amines is 1. The van der Waals surface area contributed by atoms with E-state index in [4.69, 9.17) is 14.4 Å². The molecular weight excluding hydrogens is 358 g/mol. The smallest absolute Gasteiger partial charge is 0.306 e. The Morgan fingerprint density at radius 1 is 1.29 bits per heavy atom. The summed E-state index contributed by atoms with van der Waals surface area (Å²) in [5.41, 5.74) is 2.57. The van der Waals surface area contributed by atoms with Crippen LogP contribution in [-0.4, -0.2) is 15.9 Å². The molecule has 28 heavy (non-hydrogen) atoms. The maximum absolute atomic E-state index is 12.1. The van der Waals surface area contributed by atoms with Crippen molar-refractivity contribution >= 4 is 5.97 Å². The van der Waals surface area contributed by atoms with Gasteiger partial charge in [-0.05, 0) is 31.4 Å². The number of aromatic nitrogens is 2. The molecule has 0 radical (unpaired) electrons. The van der Waals surface area contributed by atoms with E-state index in [-0.39, 0.29) is 18.6 Å². The van der Waals surface area contributed by atoms with Crippen LogP contribution >= 0.6 is 0 Å². The Morgan fingerprint density at radius 2 is 2.04 bits per heavy atom. The van der Waals surface area contributed by atoms with Crippen molar-refractivity contribution in [2.45, 2.75) is 33.3 Å². The minimum Gasteiger partial charge on any atom is -0.456 e. The summed E-state index contributed by atoms with van der Waals surface area (Å²) in [5, 5.41) is 9.11. The third-order valence-corrected chi connectivity index (χ3v) is 4.47. The van der Waals surface area contributed by atoms with Crippen molar-refractivity contribution in [3.05, 3.63) is 75.2 Å². The van der Waals surface area contributed by atoms with Crippen molar-refractivity contribution in [3.63, 3.8) is 0 Å². The van der Waals surface area contributed by atoms with E-state index in [2.05, 4.69) is 9.97 Å². The van der Waals surface area contributed by atoms with Crippen LogP contribution in [-0.2, 0) is 22.6 Å². The van der Waals surface area contributed by atoms with Crippen molar-refractivity contribution < 1.29 is 13.9 Å². The zero-order chi connectivity index (χ0) is 20.1. The Kier molecular flexibility index (Phi) is 5.70. The van der Waals surface area contributed by atoms with E-state index >= 15 is 0 Å². The zero-order valence-corrected chi connectivity index (χ0v) is 15.6. The highest BCUT2D eigenvalue weighted by Crippen LogP contribution is 2.20. The second-order valence-corrected chi connectivity index (χ2v) is 6.31. The van der Waals surface area contributed by atoms with Crippen LogP contribution < -0.4 is 5.56 Å². The normalized spacial score (nSPS) is 10.5. The molecular formula is C21H19N3O4. The number of H-pyrrole nitrogens is 1. The molecule has 0 atom stereocenters. The van der Waals surface area contributed by atoms with Gasteiger partial charge in [0.25, 0.3) is 5.56 Å². The zero-order valence-electron chi connectivity index (χ0n) is 15.6. The Balaban J connectivity index is 1.58. The number of nitriles is 1. The van der Waals surface area contributed by atoms with Gasteiger partial charge in [0.05, 0.1) is 6.20 Å². The van der Waals surface area contributed by atoms with Gasteiger partial charge in [-0.2, -0.15) is 5.26 Å². The second-order valence-electron chi connectivity index (χ2n) is 6.31. The molecule has 1 aromatic carbocycles. The van der Waals surface area contributed by atoms with E-state index < -0.39 is 11.5 Å². The van der Waals surface area contributed by atoms with Gasteiger partial charge in [-0.3, -0.25) is 9.59 Å². The van der Waals surface area contributed by atoms with Gasteiger partial charge in [0, 0.05) is 17.7 Å². The number of nitrogens with one attached hydrogen (secondary N) is 1. The van der Waals surface area contributed by atoms with Gasteiger partial charge in [-0.1, -0.05) is 30.3 Å². The fourth-order valence-electron chi connectivity index (χ4n) is 2.97. The molecule has 0 spiro atoms. The van der Waals surface area contributed by atoms with E-state index in [1.54, 1.807) is 20.0 Å². The molecule has 142 valence electrons. The first-order valence-electron chi connectivity index (χ1n) is 8.77. The van der Waals surface area contributed by atoms with Gasteiger partial charge < -0.3 is 14.1 Å². The molecule has 0 fully saturated rings. The van der Waals surface area contributed by atoms with E-state index in [1.807, 2.05) is 36.4 Å². The molecule has 7 nitrogen and oxygen atoms in total. The molecule has 0 amide bonds. The molecule has 0 saturated heterocycles. The number of aryl methyl sites for hydroxylation is 1. The lowest BCUT2D eigenvalue weighted by atomic mass is 9.99. The van der Waals surface area contributed by atoms with Crippen LogP contribution in [0.2, 0.25) is 0 Å². The minimum absolute atomic E-state index is 0.0568. The quantitative estimate of drug-likeness (QED) is 0.661. The molecule has 0 saturated carbocycles. The van der Waals surface area contributed by atoms with Gasteiger partial charge in [-0.25, -0.2) is 4.98 Å². The number of oxazole rings is 1. The minimum atomic E-state index is -0.415. The number of carbonyl (C=O) groups excluding carboxylic acids is 1. The highest BCUT2D eigenvalue weighted by Gasteiger charge is 2.14. The third-order valence-electron chi connectivity index (χ3n) is 4.47. The van der Waals surface area contributed by atoms with E-state index in [0.29, 0.717) is 29.3 Å². The molecule has 0 unspecified atom stereocenters. The number of pyridine rings is 1. The van der Waals surface area contributed by atoms with E-state index in [1.165, 1.54) is 0 Å². The van der Waals surface area contributed by atoms with Crippen LogP contribution in [0.3, 0.4) is 0 Å². The average molecular weight is 377 g/mol. The van der Waals surface area contributed by atoms with Crippen molar-refractivity contribution in [2.75, 3.05) is 0 Å². The number of rotatable bonds is 6. The second kappa shape index (κ2) is 8.35. The SMILES string of the molecule is Cc1[nH]c(=O)c(C#N)c(C)c1CCC(=O)OCc1ncc(-c2ccccc2)o1. The lowest BCUT2D eigenvalue weighted by molar-refractivity contribution is -0.145. The summed E-state index contributed by atoms with van der Waals surface area (Å²) in [5.74, 6) is 0.508. The van der Waals surface area contributed by atoms with Gasteiger partial charge in [0.15, 0.2) is 12.4 Å². The first kappa shape index (κ1) is 19.1. The monoisotopic (exact) mass is 377 g/mol. The van der Waals surface area contributed by atoms with Crippen LogP contribution in [0.15, 0.2) is 45.7 Å². The predicted octanol–water partition coefficient (Wildman–Crippen LogP) is 3.19. The maximum Gasteiger partial charge on any atom is 0.306 e. The van der Waals surface area contributed by atoms with Crippen LogP contribution in [0.1, 0.15) is 34.7 Å². The predicted molar refractivity (Wildman–Crippen MR) is 101 cm³/mol. The molecule has 3 aromatic rings. The maximum atomic E-state index is 12.1. The van der Waals surface area contributed by atoms with Gasteiger partial charge in [0.1, 0.15) is 11.6 Å². The standard InChI is InChI=1S/C21H19N3O4/c1-13-16(14(2)24-21(26)17(13)10-22)8-9-20(25)27-12-19-23-11-18(28-19)15-6-4-3-5-7-15/h3-7,11H,8-9,12H2,1-2H3,(H,24,26). The van der Waals surface area contributed by atoms with Gasteiger partial charge >= 0.3 is 5.97 Å². The molecule has 0 aliphatic carbocycles. The Bertz CT molecular complexity index is 1090. The van der Waals surface area contributed by atoms with Crippen LogP contribution in [0.5, 0.6) is 0 Å². The number of hydrogen-bond acceptors (Lipinski definition) is 6. The number of benzene rings is 1. The lowest BCUT2D eigenvalue weighted by Crippen LogP contribution is -2.17. The van der Waals surface area contributed by atoms with Crippen molar-refractivity contribution in [3.8, 4) is 17.4 Å². The number of esters is 1. The summed E-state index contributed by atoms with van der Waals surface area (Å²) in [6, 6.07) is 11.4. The molecule has 1 N–H and O–H groups in total. The summed E-state index contributed by atoms with van der Waals surface area (Å²) >= 11 is 0. The molecule has 0 bridgehead atoms. The highest BCUT2D eigenvalue weighted by atomic mass is 16.5. The topological polar surface area (TPSA) is 109 Å². The summed E-state index contributed by atoms with van der Waals surface area (Å²) < 4.78 is 10.8. The first-order valence-corrected chi connectivity index (χ1v) is 8.77. The third kappa shape index (κ3) is 4.18. The van der Waals surface area contributed by atoms with Crippen LogP contribution in [0, 0.1) is 25.2 Å². The first-order chi connectivity index (χ1) is 13.5. The Hall–Kier alpha value is -3.66. The summed E-state index contributed by atoms with van der Waals surface area (Å²) in [6.07, 6.45) is 2.07. The molecule has 7 heteroatoms. The van der Waals surface area contributed by atoms with Gasteiger partial charge in [0.2, 0.25) is 5.89 Å². The highest BCUT2D eigenvalue weighted by molar-refractivity contribution is 5.70. The molecule has 3 rings (SSSR count). The number of nitrogens with zero attached hydrogens (tertiary/aromatic N) is 2. The lowest BCUT2D eigenvalue weighted by Gasteiger charge is -2.10. The van der Waals surface area contributed by atoms with Gasteiger partial charge in [-0.15, -0.1) is 0 Å². The van der Waals surface area contributed by atoms with Crippen LogP contribution in [0.4, 0.5) is 0 Å². The van der Waals surface area contributed by atoms with Crippen molar-refractivity contribution in [1.82, 2.24) is 9.97 Å². The van der Waals surface area contributed by atoms with E-state index in [0.717, 1.165) is 11.1 Å². The molecule has 0 aliphatic rings. The summed E-state index contributed by atoms with van der Waals surface area (Å²) in [4.78, 5) is 30.6. The van der Waals surface area contributed by atoms with Crippen molar-refractivity contribution in [2.24, 2.45) is 0 Å². The summed E-state index contributed by atoms with van der Waals surface area (Å²) in [6.45, 7) is 3.39. The summed E-state index contributed by atoms with van der Waals surface area (Å²) in [7, 11) is 0. The number of carbonyl (C=O) groups is 1. The Labute approximate surface area is 161 Å². The fourth-order valence-corrected chi connectivity index (χ4v) is 2.97. The molecule has 0 aliphatic heterocycles.